The Labute approximate surface area is 360 Å². The van der Waals surface area contributed by atoms with Gasteiger partial charge in [-0.1, -0.05) is 0 Å². The molecule has 4 aliphatic heterocycles. The molecule has 10 rings (SSSR count). The van der Waals surface area contributed by atoms with Crippen LogP contribution in [0.2, 0.25) is 0 Å². The van der Waals surface area contributed by atoms with Gasteiger partial charge in [-0.2, -0.15) is 0 Å². The number of anilines is 3. The van der Waals surface area contributed by atoms with E-state index in [1.54, 1.807) is 24.5 Å². The minimum absolute atomic E-state index is 0.00900. The number of aromatic amines is 2. The topological polar surface area (TPSA) is 200 Å². The van der Waals surface area contributed by atoms with E-state index < -0.39 is 21.6 Å². The molecule has 4 aromatic heterocycles. The zero-order chi connectivity index (χ0) is 42.6. The average Bonchev–Trinajstić information content (AvgIpc) is 4.04. The van der Waals surface area contributed by atoms with E-state index in [4.69, 9.17) is 15.2 Å². The lowest BCUT2D eigenvalue weighted by molar-refractivity contribution is -0.0195. The third-order valence-corrected chi connectivity index (χ3v) is 15.8. The molecule has 0 radical (unpaired) electrons. The standard InChI is InChI=1S/C44H56FN11O5S/c1-28-3-2-12-56(28)31-22-43(23-31)7-13-55(14-8-43)37-21-35(61-32-19-29-4-11-47-41(29)49-24-32)33(25-48-37)42(57)53-62(58,59)36-20-34(46)38(40-39(36)51-27-52-40)50-26-44(45)9-15-54(16-10-44)30-5-17-60-18-6-30/h4,11,19-21,24-25,27-28,30-31,50H,2-3,5-10,12-18,22-23,26,46H2,1H3,(H,47,49)(H,51,52)(H,53,57)/t28-/m1/s1. The molecule has 4 saturated heterocycles. The quantitative estimate of drug-likeness (QED) is 0.0977. The van der Waals surface area contributed by atoms with Crippen molar-refractivity contribution in [3.05, 3.63) is 54.7 Å². The first-order valence-corrected chi connectivity index (χ1v) is 23.6. The SMILES string of the molecule is C[C@@H]1CCCN1C1CC2(CCN(c3cc(Oc4cnc5[nH]ccc5c4)c(C(=O)NS(=O)(=O)c4cc(N)c(NCC5(F)CCN(C6CCOCC6)CC5)c5[nH]cnc45)cn3)CC2)C1. The van der Waals surface area contributed by atoms with E-state index >= 15 is 4.39 Å². The number of rotatable bonds is 11. The Morgan fingerprint density at radius 2 is 1.77 bits per heavy atom. The molecule has 18 heteroatoms. The number of imidazole rings is 1. The fourth-order valence-corrected chi connectivity index (χ4v) is 11.9. The molecule has 0 bridgehead atoms. The number of nitrogens with two attached hydrogens (primary N) is 1. The summed E-state index contributed by atoms with van der Waals surface area (Å²) < 4.78 is 58.4. The molecule has 330 valence electrons. The molecule has 6 N–H and O–H groups in total. The van der Waals surface area contributed by atoms with E-state index in [1.165, 1.54) is 50.8 Å². The van der Waals surface area contributed by atoms with Gasteiger partial charge in [0.2, 0.25) is 0 Å². The summed E-state index contributed by atoms with van der Waals surface area (Å²) in [5.74, 6) is 0.200. The number of nitrogens with zero attached hydrogens (tertiary/aromatic N) is 6. The summed E-state index contributed by atoms with van der Waals surface area (Å²) in [6.07, 6.45) is 15.8. The van der Waals surface area contributed by atoms with E-state index in [1.807, 2.05) is 6.07 Å². The number of carbonyl (C=O) groups excluding carboxylic acids is 1. The van der Waals surface area contributed by atoms with Crippen LogP contribution in [0.4, 0.5) is 21.6 Å². The number of sulfonamides is 1. The first-order valence-electron chi connectivity index (χ1n) is 22.1. The van der Waals surface area contributed by atoms with Gasteiger partial charge in [-0.15, -0.1) is 0 Å². The maximum atomic E-state index is 16.2. The molecule has 1 saturated carbocycles. The maximum Gasteiger partial charge on any atom is 0.270 e. The first kappa shape index (κ1) is 41.0. The highest BCUT2D eigenvalue weighted by atomic mass is 32.2. The van der Waals surface area contributed by atoms with Crippen LogP contribution in [0.15, 0.2) is 54.1 Å². The van der Waals surface area contributed by atoms with Crippen LogP contribution in [0.3, 0.4) is 0 Å². The minimum atomic E-state index is -4.57. The summed E-state index contributed by atoms with van der Waals surface area (Å²) in [6, 6.07) is 8.37. The number of H-pyrrole nitrogens is 2. The van der Waals surface area contributed by atoms with Gasteiger partial charge in [0.1, 0.15) is 44.6 Å². The molecule has 1 aliphatic carbocycles. The van der Waals surface area contributed by atoms with Crippen molar-refractivity contribution in [3.63, 3.8) is 0 Å². The summed E-state index contributed by atoms with van der Waals surface area (Å²) in [6.45, 7) is 7.96. The van der Waals surface area contributed by atoms with Crippen LogP contribution < -0.4 is 25.4 Å². The molecule has 5 fully saturated rings. The number of carbonyl (C=O) groups is 1. The normalized spacial score (nSPS) is 22.6. The second kappa shape index (κ2) is 16.3. The number of aromatic nitrogens is 5. The van der Waals surface area contributed by atoms with Crippen molar-refractivity contribution in [3.8, 4) is 11.5 Å². The molecule has 1 amide bonds. The fourth-order valence-electron chi connectivity index (χ4n) is 10.7. The zero-order valence-corrected chi connectivity index (χ0v) is 36.0. The van der Waals surface area contributed by atoms with Crippen molar-refractivity contribution in [2.24, 2.45) is 5.41 Å². The molecule has 0 unspecified atom stereocenters. The van der Waals surface area contributed by atoms with Gasteiger partial charge >= 0.3 is 0 Å². The number of amides is 1. The van der Waals surface area contributed by atoms with Gasteiger partial charge in [0, 0.05) is 87.9 Å². The van der Waals surface area contributed by atoms with E-state index in [0.717, 1.165) is 57.4 Å². The molecular weight excluding hydrogens is 814 g/mol. The van der Waals surface area contributed by atoms with Gasteiger partial charge in [-0.3, -0.25) is 14.6 Å². The highest BCUT2D eigenvalue weighted by Crippen LogP contribution is 2.52. The van der Waals surface area contributed by atoms with Gasteiger partial charge in [-0.25, -0.2) is 32.5 Å². The summed E-state index contributed by atoms with van der Waals surface area (Å²) in [4.78, 5) is 40.5. The van der Waals surface area contributed by atoms with Crippen LogP contribution in [-0.2, 0) is 14.8 Å². The summed E-state index contributed by atoms with van der Waals surface area (Å²) in [5.41, 5.74) is 6.70. The summed E-state index contributed by atoms with van der Waals surface area (Å²) >= 11 is 0. The van der Waals surface area contributed by atoms with Crippen LogP contribution in [0.1, 0.15) is 81.5 Å². The fraction of sp³-hybridized carbons (Fsp3) is 0.545. The number of hydrogen-bond donors (Lipinski definition) is 5. The van der Waals surface area contributed by atoms with Gasteiger partial charge in [-0.05, 0) is 101 Å². The van der Waals surface area contributed by atoms with E-state index in [0.29, 0.717) is 72.4 Å². The number of hydrogen-bond acceptors (Lipinski definition) is 13. The number of piperidine rings is 2. The van der Waals surface area contributed by atoms with Crippen molar-refractivity contribution in [2.75, 3.05) is 68.4 Å². The maximum absolute atomic E-state index is 16.2. The van der Waals surface area contributed by atoms with E-state index in [2.05, 4.69) is 56.6 Å². The van der Waals surface area contributed by atoms with Crippen molar-refractivity contribution >= 4 is 55.2 Å². The predicted octanol–water partition coefficient (Wildman–Crippen LogP) is 5.96. The van der Waals surface area contributed by atoms with E-state index in [9.17, 15) is 13.2 Å². The molecule has 1 aromatic carbocycles. The van der Waals surface area contributed by atoms with Crippen molar-refractivity contribution < 1.29 is 27.1 Å². The second-order valence-corrected chi connectivity index (χ2v) is 19.9. The van der Waals surface area contributed by atoms with Crippen molar-refractivity contribution in [1.29, 1.82) is 0 Å². The highest BCUT2D eigenvalue weighted by Gasteiger charge is 2.49. The molecular formula is C44H56FN11O5S. The number of halogens is 1. The van der Waals surface area contributed by atoms with Crippen molar-refractivity contribution in [1.82, 2.24) is 39.4 Å². The Morgan fingerprint density at radius 3 is 2.53 bits per heavy atom. The molecule has 1 spiro atoms. The Hall–Kier alpha value is -5.04. The smallest absolute Gasteiger partial charge is 0.270 e. The predicted molar refractivity (Wildman–Crippen MR) is 235 cm³/mol. The van der Waals surface area contributed by atoms with Crippen LogP contribution in [0.25, 0.3) is 22.1 Å². The van der Waals surface area contributed by atoms with Gasteiger partial charge < -0.3 is 35.4 Å². The summed E-state index contributed by atoms with van der Waals surface area (Å²) in [7, 11) is -4.57. The minimum Gasteiger partial charge on any atom is -0.455 e. The lowest BCUT2D eigenvalue weighted by atomic mass is 9.60. The largest absolute Gasteiger partial charge is 0.455 e. The number of benzene rings is 1. The first-order chi connectivity index (χ1) is 29.9. The Balaban J connectivity index is 0.854. The molecule has 62 heavy (non-hydrogen) atoms. The molecule has 1 atom stereocenters. The van der Waals surface area contributed by atoms with Crippen molar-refractivity contribution in [2.45, 2.75) is 99.8 Å². The van der Waals surface area contributed by atoms with Gasteiger partial charge in [0.05, 0.1) is 29.4 Å². The Bertz CT molecular complexity index is 2550. The van der Waals surface area contributed by atoms with Crippen LogP contribution in [0.5, 0.6) is 11.5 Å². The van der Waals surface area contributed by atoms with Gasteiger partial charge in [0.15, 0.2) is 0 Å². The summed E-state index contributed by atoms with van der Waals surface area (Å²) in [5, 5.41) is 3.97. The number of likely N-dealkylation sites (tertiary alicyclic amines) is 2. The third kappa shape index (κ3) is 7.94. The third-order valence-electron chi connectivity index (χ3n) is 14.5. The number of alkyl halides is 1. The van der Waals surface area contributed by atoms with Crippen LogP contribution in [-0.4, -0.2) is 125 Å². The number of nitrogen functional groups attached to an aromatic ring is 1. The van der Waals surface area contributed by atoms with Gasteiger partial charge in [0.25, 0.3) is 15.9 Å². The number of pyridine rings is 2. The van der Waals surface area contributed by atoms with E-state index in [-0.39, 0.29) is 39.5 Å². The lowest BCUT2D eigenvalue weighted by Crippen LogP contribution is -2.55. The monoisotopic (exact) mass is 869 g/mol. The molecule has 8 heterocycles. The molecule has 16 nitrogen and oxygen atoms in total. The highest BCUT2D eigenvalue weighted by molar-refractivity contribution is 7.90. The molecule has 5 aliphatic rings. The molecule has 5 aromatic rings. The number of ether oxygens (including phenoxy) is 2. The average molecular weight is 870 g/mol. The number of fused-ring (bicyclic) bond motifs is 2. The number of nitrogens with one attached hydrogen (secondary N) is 4. The second-order valence-electron chi connectivity index (χ2n) is 18.3. The Morgan fingerprint density at radius 1 is 0.984 bits per heavy atom. The van der Waals surface area contributed by atoms with Crippen LogP contribution >= 0.6 is 0 Å². The zero-order valence-electron chi connectivity index (χ0n) is 35.2. The lowest BCUT2D eigenvalue weighted by Gasteiger charge is -2.55. The Kier molecular flexibility index (Phi) is 10.8. The van der Waals surface area contributed by atoms with Crippen LogP contribution in [0, 0.1) is 5.41 Å².